The fourth-order valence-corrected chi connectivity index (χ4v) is 2.86. The minimum absolute atomic E-state index is 0.177. The summed E-state index contributed by atoms with van der Waals surface area (Å²) in [4.78, 5) is 14.5. The van der Waals surface area contributed by atoms with Gasteiger partial charge in [-0.1, -0.05) is 0 Å². The molecule has 2 nitrogen and oxygen atoms in total. The number of carbonyl (C=O) groups excluding carboxylic acids is 1. The van der Waals surface area contributed by atoms with Crippen LogP contribution in [0.2, 0.25) is 0 Å². The summed E-state index contributed by atoms with van der Waals surface area (Å²) in [6.07, 6.45) is 1.15. The Hall–Kier alpha value is -0.350. The van der Waals surface area contributed by atoms with Crippen LogP contribution in [0.25, 0.3) is 0 Å². The van der Waals surface area contributed by atoms with Crippen LogP contribution in [0.1, 0.15) is 21.7 Å². The lowest BCUT2D eigenvalue weighted by Gasteiger charge is -2.30. The van der Waals surface area contributed by atoms with Gasteiger partial charge in [0.25, 0.3) is 5.91 Å². The molecule has 2 heterocycles. The molecule has 0 aromatic carbocycles. The molecule has 0 spiro atoms. The second-order valence-electron chi connectivity index (χ2n) is 3.21. The first-order chi connectivity index (χ1) is 6.20. The SMILES string of the molecule is Cc1csc(C(=O)N2CCC2)c1Br. The molecule has 0 saturated carbocycles. The Kier molecular flexibility index (Phi) is 2.43. The zero-order valence-corrected chi connectivity index (χ0v) is 9.74. The second kappa shape index (κ2) is 3.42. The van der Waals surface area contributed by atoms with Crippen molar-refractivity contribution < 1.29 is 4.79 Å². The van der Waals surface area contributed by atoms with Crippen molar-refractivity contribution in [3.8, 4) is 0 Å². The van der Waals surface area contributed by atoms with E-state index in [-0.39, 0.29) is 5.91 Å². The van der Waals surface area contributed by atoms with Crippen molar-refractivity contribution in [3.05, 3.63) is 20.3 Å². The Morgan fingerprint density at radius 1 is 1.62 bits per heavy atom. The Morgan fingerprint density at radius 2 is 2.31 bits per heavy atom. The normalized spacial score (nSPS) is 15.7. The van der Waals surface area contributed by atoms with Gasteiger partial charge in [-0.3, -0.25) is 4.79 Å². The summed E-state index contributed by atoms with van der Waals surface area (Å²) >= 11 is 4.96. The number of nitrogens with zero attached hydrogens (tertiary/aromatic N) is 1. The molecule has 0 atom stereocenters. The molecule has 0 N–H and O–H groups in total. The third-order valence-electron chi connectivity index (χ3n) is 2.24. The highest BCUT2D eigenvalue weighted by Gasteiger charge is 2.24. The fraction of sp³-hybridized carbons (Fsp3) is 0.444. The number of halogens is 1. The monoisotopic (exact) mass is 259 g/mol. The van der Waals surface area contributed by atoms with Gasteiger partial charge in [-0.15, -0.1) is 11.3 Å². The molecule has 1 aliphatic rings. The quantitative estimate of drug-likeness (QED) is 0.760. The van der Waals surface area contributed by atoms with Crippen LogP contribution in [-0.2, 0) is 0 Å². The van der Waals surface area contributed by atoms with Crippen molar-refractivity contribution in [1.29, 1.82) is 0 Å². The maximum atomic E-state index is 11.8. The predicted octanol–water partition coefficient (Wildman–Crippen LogP) is 2.66. The van der Waals surface area contributed by atoms with Crippen LogP contribution in [0, 0.1) is 6.92 Å². The van der Waals surface area contributed by atoms with Crippen LogP contribution >= 0.6 is 27.3 Å². The minimum atomic E-state index is 0.177. The van der Waals surface area contributed by atoms with Crippen LogP contribution < -0.4 is 0 Å². The van der Waals surface area contributed by atoms with Crippen LogP contribution in [-0.4, -0.2) is 23.9 Å². The van der Waals surface area contributed by atoms with Crippen molar-refractivity contribution in [1.82, 2.24) is 4.90 Å². The molecule has 4 heteroatoms. The summed E-state index contributed by atoms with van der Waals surface area (Å²) in [6.45, 7) is 3.85. The third kappa shape index (κ3) is 1.53. The average molecular weight is 260 g/mol. The minimum Gasteiger partial charge on any atom is -0.338 e. The fourth-order valence-electron chi connectivity index (χ4n) is 1.24. The molecule has 0 aliphatic carbocycles. The molecule has 70 valence electrons. The van der Waals surface area contributed by atoms with E-state index in [0.717, 1.165) is 34.4 Å². The number of hydrogen-bond acceptors (Lipinski definition) is 2. The Labute approximate surface area is 89.7 Å². The number of hydrogen-bond donors (Lipinski definition) is 0. The third-order valence-corrected chi connectivity index (χ3v) is 4.61. The number of rotatable bonds is 1. The standard InChI is InChI=1S/C9H10BrNOS/c1-6-5-13-8(7(6)10)9(12)11-3-2-4-11/h5H,2-4H2,1H3. The van der Waals surface area contributed by atoms with Gasteiger partial charge in [-0.25, -0.2) is 0 Å². The van der Waals surface area contributed by atoms with E-state index >= 15 is 0 Å². The summed E-state index contributed by atoms with van der Waals surface area (Å²) in [5.74, 6) is 0.177. The van der Waals surface area contributed by atoms with E-state index in [4.69, 9.17) is 0 Å². The smallest absolute Gasteiger partial charge is 0.265 e. The summed E-state index contributed by atoms with van der Waals surface area (Å²) in [5, 5.41) is 2.01. The Balaban J connectivity index is 2.24. The summed E-state index contributed by atoms with van der Waals surface area (Å²) < 4.78 is 0.967. The molecule has 2 rings (SSSR count). The first-order valence-electron chi connectivity index (χ1n) is 4.23. The molecule has 1 aromatic heterocycles. The highest BCUT2D eigenvalue weighted by atomic mass is 79.9. The Morgan fingerprint density at radius 3 is 2.69 bits per heavy atom. The largest absolute Gasteiger partial charge is 0.338 e. The number of carbonyl (C=O) groups is 1. The number of likely N-dealkylation sites (tertiary alicyclic amines) is 1. The molecule has 1 aromatic rings. The van der Waals surface area contributed by atoms with Gasteiger partial charge in [0, 0.05) is 17.6 Å². The van der Waals surface area contributed by atoms with Gasteiger partial charge >= 0.3 is 0 Å². The molecule has 13 heavy (non-hydrogen) atoms. The lowest BCUT2D eigenvalue weighted by atomic mass is 10.2. The van der Waals surface area contributed by atoms with Gasteiger partial charge < -0.3 is 4.90 Å². The van der Waals surface area contributed by atoms with Gasteiger partial charge in [-0.2, -0.15) is 0 Å². The van der Waals surface area contributed by atoms with Gasteiger partial charge in [0.05, 0.1) is 0 Å². The second-order valence-corrected chi connectivity index (χ2v) is 4.88. The van der Waals surface area contributed by atoms with Crippen molar-refractivity contribution in [2.45, 2.75) is 13.3 Å². The van der Waals surface area contributed by atoms with E-state index in [9.17, 15) is 4.79 Å². The number of thiophene rings is 1. The van der Waals surface area contributed by atoms with Crippen molar-refractivity contribution in [2.24, 2.45) is 0 Å². The van der Waals surface area contributed by atoms with Gasteiger partial charge in [-0.05, 0) is 40.2 Å². The molecule has 0 unspecified atom stereocenters. The maximum absolute atomic E-state index is 11.8. The highest BCUT2D eigenvalue weighted by molar-refractivity contribution is 9.10. The molecule has 1 amide bonds. The first kappa shape index (κ1) is 9.21. The summed E-state index contributed by atoms with van der Waals surface area (Å²) in [6, 6.07) is 0. The molecular formula is C9H10BrNOS. The lowest BCUT2D eigenvalue weighted by molar-refractivity contribution is 0.0656. The van der Waals surface area contributed by atoms with E-state index in [1.54, 1.807) is 0 Å². The van der Waals surface area contributed by atoms with E-state index in [0.29, 0.717) is 0 Å². The first-order valence-corrected chi connectivity index (χ1v) is 5.90. The van der Waals surface area contributed by atoms with E-state index in [1.807, 2.05) is 17.2 Å². The number of aryl methyl sites for hydroxylation is 1. The zero-order chi connectivity index (χ0) is 9.42. The molecular weight excluding hydrogens is 250 g/mol. The number of amides is 1. The van der Waals surface area contributed by atoms with E-state index in [1.165, 1.54) is 11.3 Å². The van der Waals surface area contributed by atoms with E-state index < -0.39 is 0 Å². The maximum Gasteiger partial charge on any atom is 0.265 e. The van der Waals surface area contributed by atoms with Crippen molar-refractivity contribution in [3.63, 3.8) is 0 Å². The topological polar surface area (TPSA) is 20.3 Å². The molecule has 0 radical (unpaired) electrons. The summed E-state index contributed by atoms with van der Waals surface area (Å²) in [7, 11) is 0. The lowest BCUT2D eigenvalue weighted by Crippen LogP contribution is -2.41. The van der Waals surface area contributed by atoms with Crippen molar-refractivity contribution in [2.75, 3.05) is 13.1 Å². The molecule has 1 saturated heterocycles. The van der Waals surface area contributed by atoms with Gasteiger partial charge in [0.1, 0.15) is 4.88 Å². The molecule has 1 aliphatic heterocycles. The summed E-state index contributed by atoms with van der Waals surface area (Å²) in [5.41, 5.74) is 1.15. The molecule has 1 fully saturated rings. The van der Waals surface area contributed by atoms with Gasteiger partial charge in [0.15, 0.2) is 0 Å². The highest BCUT2D eigenvalue weighted by Crippen LogP contribution is 2.29. The Bertz CT molecular complexity index is 343. The van der Waals surface area contributed by atoms with Crippen LogP contribution in [0.3, 0.4) is 0 Å². The van der Waals surface area contributed by atoms with Gasteiger partial charge in [0.2, 0.25) is 0 Å². The van der Waals surface area contributed by atoms with Crippen LogP contribution in [0.15, 0.2) is 9.85 Å². The predicted molar refractivity (Wildman–Crippen MR) is 57.3 cm³/mol. The average Bonchev–Trinajstić information content (AvgIpc) is 2.29. The molecule has 0 bridgehead atoms. The zero-order valence-electron chi connectivity index (χ0n) is 7.34. The van der Waals surface area contributed by atoms with E-state index in [2.05, 4.69) is 15.9 Å². The van der Waals surface area contributed by atoms with Crippen LogP contribution in [0.5, 0.6) is 0 Å². The van der Waals surface area contributed by atoms with Crippen LogP contribution in [0.4, 0.5) is 0 Å². The van der Waals surface area contributed by atoms with Crippen molar-refractivity contribution >= 4 is 33.2 Å².